The Bertz CT molecular complexity index is 1420. The van der Waals surface area contributed by atoms with Crippen LogP contribution in [0.3, 0.4) is 0 Å². The normalized spacial score (nSPS) is 33.3. The molecule has 3 fully saturated rings. The zero-order chi connectivity index (χ0) is 25.1. The molecule has 2 nitrogen and oxygen atoms in total. The highest BCUT2D eigenvalue weighted by atomic mass is 79.9. The van der Waals surface area contributed by atoms with Gasteiger partial charge in [-0.3, -0.25) is 0 Å². The van der Waals surface area contributed by atoms with Crippen LogP contribution < -0.4 is 17.0 Å². The zero-order valence-corrected chi connectivity index (χ0v) is 24.1. The lowest BCUT2D eigenvalue weighted by molar-refractivity contribution is -0.968. The predicted octanol–water partition coefficient (Wildman–Crippen LogP) is 4.72. The quantitative estimate of drug-likeness (QED) is 0.306. The van der Waals surface area contributed by atoms with Gasteiger partial charge in [-0.25, -0.2) is 0 Å². The van der Waals surface area contributed by atoms with Crippen molar-refractivity contribution in [2.45, 2.75) is 51.0 Å². The summed E-state index contributed by atoms with van der Waals surface area (Å²) in [4.78, 5) is 0. The molecule has 2 heterocycles. The second-order valence-electron chi connectivity index (χ2n) is 12.3. The molecule has 2 aliphatic heterocycles. The second-order valence-corrected chi connectivity index (χ2v) is 12.3. The van der Waals surface area contributed by atoms with Crippen LogP contribution in [0, 0.1) is 17.8 Å². The van der Waals surface area contributed by atoms with Crippen molar-refractivity contribution in [1.82, 2.24) is 0 Å². The number of hydrogen-bond acceptors (Lipinski definition) is 1. The smallest absolute Gasteiger partial charge is 0.151 e. The maximum atomic E-state index is 7.25. The Morgan fingerprint density at radius 3 is 2.24 bits per heavy atom. The highest BCUT2D eigenvalue weighted by Crippen LogP contribution is 2.68. The van der Waals surface area contributed by atoms with Crippen LogP contribution >= 0.6 is 0 Å². The summed E-state index contributed by atoms with van der Waals surface area (Å²) in [5.41, 5.74) is 4.05. The van der Waals surface area contributed by atoms with Crippen LogP contribution in [0.2, 0.25) is 0 Å². The van der Waals surface area contributed by atoms with Gasteiger partial charge in [0, 0.05) is 17.4 Å². The number of hydrogen-bond donors (Lipinski definition) is 0. The molecule has 0 N–H and O–H groups in total. The zero-order valence-electron chi connectivity index (χ0n) is 22.5. The summed E-state index contributed by atoms with van der Waals surface area (Å²) in [7, 11) is 0. The van der Waals surface area contributed by atoms with Crippen molar-refractivity contribution in [2.24, 2.45) is 17.8 Å². The van der Waals surface area contributed by atoms with E-state index < -0.39 is 0 Å². The van der Waals surface area contributed by atoms with Gasteiger partial charge < -0.3 is 26.2 Å². The van der Waals surface area contributed by atoms with Gasteiger partial charge in [-0.15, -0.1) is 0 Å². The lowest BCUT2D eigenvalue weighted by atomic mass is 9.73. The number of fused-ring (bicyclic) bond motifs is 1. The topological polar surface area (TPSA) is 9.23 Å². The number of rotatable bonds is 6. The predicted molar refractivity (Wildman–Crippen MR) is 151 cm³/mol. The van der Waals surface area contributed by atoms with Crippen molar-refractivity contribution in [1.29, 1.82) is 0 Å². The van der Waals surface area contributed by atoms with Gasteiger partial charge in [0.25, 0.3) is 0 Å². The van der Waals surface area contributed by atoms with Crippen molar-refractivity contribution < 1.29 is 26.2 Å². The maximum Gasteiger partial charge on any atom is 0.151 e. The number of nitrogens with zero attached hydrogens (tertiary/aromatic N) is 1. The number of quaternary nitrogens is 1. The van der Waals surface area contributed by atoms with Gasteiger partial charge >= 0.3 is 0 Å². The highest BCUT2D eigenvalue weighted by Gasteiger charge is 2.78. The molecule has 0 aromatic heterocycles. The van der Waals surface area contributed by atoms with Gasteiger partial charge in [-0.1, -0.05) is 104 Å². The van der Waals surface area contributed by atoms with Gasteiger partial charge in [0.1, 0.15) is 18.6 Å². The first-order valence-corrected chi connectivity index (χ1v) is 14.1. The second kappa shape index (κ2) is 9.62. The number of ether oxygens (including phenoxy) is 1. The summed E-state index contributed by atoms with van der Waals surface area (Å²) in [5, 5.41) is 2.68. The van der Waals surface area contributed by atoms with Crippen LogP contribution in [0.1, 0.15) is 43.4 Å². The van der Waals surface area contributed by atoms with E-state index >= 15 is 0 Å². The van der Waals surface area contributed by atoms with Crippen molar-refractivity contribution >= 4 is 10.8 Å². The summed E-state index contributed by atoms with van der Waals surface area (Å²) in [6.45, 7) is 9.20. The van der Waals surface area contributed by atoms with E-state index in [4.69, 9.17) is 4.74 Å². The van der Waals surface area contributed by atoms with E-state index in [0.29, 0.717) is 12.5 Å². The van der Waals surface area contributed by atoms with Gasteiger partial charge in [-0.05, 0) is 47.7 Å². The van der Waals surface area contributed by atoms with E-state index in [1.807, 2.05) is 0 Å². The Labute approximate surface area is 238 Å². The molecule has 38 heavy (non-hydrogen) atoms. The Morgan fingerprint density at radius 2 is 1.47 bits per heavy atom. The van der Waals surface area contributed by atoms with Gasteiger partial charge in [0.05, 0.1) is 19.1 Å². The molecule has 7 rings (SSSR count). The Hall–Kier alpha value is -2.46. The largest absolute Gasteiger partial charge is 1.00 e. The van der Waals surface area contributed by atoms with Gasteiger partial charge in [0.15, 0.2) is 5.60 Å². The first-order chi connectivity index (χ1) is 18.0. The van der Waals surface area contributed by atoms with Crippen molar-refractivity contribution in [3.05, 3.63) is 120 Å². The van der Waals surface area contributed by atoms with E-state index in [-0.39, 0.29) is 28.1 Å². The van der Waals surface area contributed by atoms with Crippen LogP contribution in [0.25, 0.3) is 10.8 Å². The summed E-state index contributed by atoms with van der Waals surface area (Å²) >= 11 is 0. The molecule has 4 aromatic carbocycles. The summed E-state index contributed by atoms with van der Waals surface area (Å²) in [6.07, 6.45) is 2.58. The first kappa shape index (κ1) is 25.8. The molecule has 3 aliphatic rings. The summed E-state index contributed by atoms with van der Waals surface area (Å²) < 4.78 is 8.39. The maximum absolute atomic E-state index is 7.25. The number of benzene rings is 4. The molecule has 1 aliphatic carbocycles. The molecule has 6 atom stereocenters. The molecule has 0 bridgehead atoms. The number of halogens is 1. The minimum atomic E-state index is -0.266. The fraction of sp³-hybridized carbons (Fsp3) is 0.371. The minimum Gasteiger partial charge on any atom is -1.00 e. The van der Waals surface area contributed by atoms with E-state index in [0.717, 1.165) is 29.4 Å². The molecule has 196 valence electrons. The summed E-state index contributed by atoms with van der Waals surface area (Å²) in [6, 6.07) is 37.9. The van der Waals surface area contributed by atoms with Crippen molar-refractivity contribution in [3.8, 4) is 0 Å². The van der Waals surface area contributed by atoms with Crippen LogP contribution in [0.5, 0.6) is 0 Å². The molecule has 0 spiro atoms. The molecule has 0 unspecified atom stereocenters. The molecule has 4 aromatic rings. The molecule has 2 saturated heterocycles. The monoisotopic (exact) mass is 567 g/mol. The van der Waals surface area contributed by atoms with Crippen LogP contribution in [-0.4, -0.2) is 23.1 Å². The molecule has 3 heteroatoms. The molecular formula is C35H38BrNO. The van der Waals surface area contributed by atoms with Crippen molar-refractivity contribution in [2.75, 3.05) is 13.1 Å². The molecule has 1 saturated carbocycles. The average Bonchev–Trinajstić information content (AvgIpc) is 3.48. The summed E-state index contributed by atoms with van der Waals surface area (Å²) in [5.74, 6) is 2.02. The third kappa shape index (κ3) is 3.73. The average molecular weight is 569 g/mol. The first-order valence-electron chi connectivity index (χ1n) is 14.1. The van der Waals surface area contributed by atoms with Gasteiger partial charge in [0.2, 0.25) is 0 Å². The molecule has 0 amide bonds. The molecule has 0 radical (unpaired) electrons. The Balaban J connectivity index is 0.00000264. The van der Waals surface area contributed by atoms with Crippen molar-refractivity contribution in [3.63, 3.8) is 0 Å². The Morgan fingerprint density at radius 1 is 0.789 bits per heavy atom. The van der Waals surface area contributed by atoms with E-state index in [1.54, 1.807) is 0 Å². The fourth-order valence-corrected chi connectivity index (χ4v) is 9.11. The third-order valence-electron chi connectivity index (χ3n) is 10.6. The van der Waals surface area contributed by atoms with E-state index in [9.17, 15) is 0 Å². The van der Waals surface area contributed by atoms with Gasteiger partial charge in [-0.2, -0.15) is 0 Å². The molecular weight excluding hydrogens is 530 g/mol. The van der Waals surface area contributed by atoms with E-state index in [2.05, 4.69) is 117 Å². The lowest BCUT2D eigenvalue weighted by Gasteiger charge is -2.43. The van der Waals surface area contributed by atoms with E-state index in [1.165, 1.54) is 46.8 Å². The lowest BCUT2D eigenvalue weighted by Crippen LogP contribution is -3.00. The SMILES string of the molecule is C[C@@H]1C[N@@+]2(Cc3ccc4ccccc4c3)C[C@](OCc3ccccc3)(c3ccccc3)[C@H]3CC[C@@H]1[C@]32C.[Br-]. The van der Waals surface area contributed by atoms with Crippen LogP contribution in [0.4, 0.5) is 0 Å². The van der Waals surface area contributed by atoms with Crippen LogP contribution in [-0.2, 0) is 23.5 Å². The van der Waals surface area contributed by atoms with Crippen LogP contribution in [0.15, 0.2) is 103 Å². The fourth-order valence-electron chi connectivity index (χ4n) is 9.11. The minimum absolute atomic E-state index is 0. The standard InChI is InChI=1S/C35H38NO.BrH/c1-26-22-36(23-28-17-18-29-13-9-10-14-30(29)21-28)25-35(31-15-7-4-8-16-31,33-20-19-32(26)34(33,36)2)37-24-27-11-5-3-6-12-27;/h3-18,21,26,32-33H,19-20,22-25H2,1-2H3;1H/q+1;/p-1/t26-,32+,33+,34-,35+,36-;/m1./s1. The third-order valence-corrected chi connectivity index (χ3v) is 10.6. The Kier molecular flexibility index (Phi) is 6.53. The highest BCUT2D eigenvalue weighted by molar-refractivity contribution is 5.82.